The third-order valence-corrected chi connectivity index (χ3v) is 0.944. The van der Waals surface area contributed by atoms with Gasteiger partial charge in [0.05, 0.1) is 0 Å². The van der Waals surface area contributed by atoms with Crippen LogP contribution in [0.1, 0.15) is 15.2 Å². The molecule has 0 saturated heterocycles. The summed E-state index contributed by atoms with van der Waals surface area (Å²) in [5.74, 6) is -2.95. The SMILES string of the molecule is [2H]CC(C)(C(=O)O)C(=O)O. The summed E-state index contributed by atoms with van der Waals surface area (Å²) in [6, 6.07) is 0. The van der Waals surface area contributed by atoms with Crippen LogP contribution in [0.2, 0.25) is 0 Å². The van der Waals surface area contributed by atoms with Crippen LogP contribution < -0.4 is 0 Å². The van der Waals surface area contributed by atoms with Crippen LogP contribution in [0.4, 0.5) is 0 Å². The Labute approximate surface area is 53.5 Å². The molecule has 0 aromatic carbocycles. The van der Waals surface area contributed by atoms with Gasteiger partial charge >= 0.3 is 11.9 Å². The molecule has 0 rings (SSSR count). The van der Waals surface area contributed by atoms with E-state index in [2.05, 4.69) is 0 Å². The number of carboxylic acids is 2. The van der Waals surface area contributed by atoms with Gasteiger partial charge in [0.15, 0.2) is 5.41 Å². The van der Waals surface area contributed by atoms with Gasteiger partial charge in [-0.25, -0.2) is 0 Å². The van der Waals surface area contributed by atoms with Crippen molar-refractivity contribution in [1.82, 2.24) is 0 Å². The number of hydrogen-bond donors (Lipinski definition) is 2. The number of rotatable bonds is 2. The minimum Gasteiger partial charge on any atom is -0.480 e. The largest absolute Gasteiger partial charge is 0.480 e. The second kappa shape index (κ2) is 2.05. The molecule has 0 aromatic rings. The van der Waals surface area contributed by atoms with Crippen LogP contribution in [-0.2, 0) is 9.59 Å². The zero-order valence-corrected chi connectivity index (χ0v) is 4.92. The van der Waals surface area contributed by atoms with Crippen molar-refractivity contribution in [2.45, 2.75) is 13.8 Å². The molecule has 9 heavy (non-hydrogen) atoms. The summed E-state index contributed by atoms with van der Waals surface area (Å²) in [5, 5.41) is 16.6. The number of hydrogen-bond acceptors (Lipinski definition) is 2. The van der Waals surface area contributed by atoms with Gasteiger partial charge in [-0.1, -0.05) is 0 Å². The van der Waals surface area contributed by atoms with Crippen LogP contribution in [0.5, 0.6) is 0 Å². The van der Waals surface area contributed by atoms with Gasteiger partial charge in [0.1, 0.15) is 0 Å². The highest BCUT2D eigenvalue weighted by atomic mass is 16.4. The van der Waals surface area contributed by atoms with Gasteiger partial charge in [0, 0.05) is 1.37 Å². The van der Waals surface area contributed by atoms with Gasteiger partial charge < -0.3 is 10.2 Å². The van der Waals surface area contributed by atoms with E-state index in [9.17, 15) is 9.59 Å². The molecule has 2 N–H and O–H groups in total. The highest BCUT2D eigenvalue weighted by Crippen LogP contribution is 2.13. The predicted octanol–water partition coefficient (Wildman–Crippen LogP) is 0.182. The first-order chi connectivity index (χ1) is 4.45. The fourth-order valence-corrected chi connectivity index (χ4v) is 0.0915. The van der Waals surface area contributed by atoms with Crippen LogP contribution in [0.15, 0.2) is 0 Å². The van der Waals surface area contributed by atoms with E-state index in [0.29, 0.717) is 0 Å². The van der Waals surface area contributed by atoms with Crippen molar-refractivity contribution in [2.24, 2.45) is 5.41 Å². The summed E-state index contributed by atoms with van der Waals surface area (Å²) in [5.41, 5.74) is -1.96. The summed E-state index contributed by atoms with van der Waals surface area (Å²) < 4.78 is 6.66. The second-order valence-corrected chi connectivity index (χ2v) is 1.94. The van der Waals surface area contributed by atoms with Crippen LogP contribution >= 0.6 is 0 Å². The van der Waals surface area contributed by atoms with E-state index in [1.165, 1.54) is 0 Å². The average molecular weight is 133 g/mol. The van der Waals surface area contributed by atoms with Gasteiger partial charge in [-0.05, 0) is 13.8 Å². The van der Waals surface area contributed by atoms with Gasteiger partial charge in [-0.3, -0.25) is 9.59 Å². The first-order valence-corrected chi connectivity index (χ1v) is 2.21. The Morgan fingerprint density at radius 2 is 1.78 bits per heavy atom. The highest BCUT2D eigenvalue weighted by molar-refractivity contribution is 5.97. The summed E-state index contributed by atoms with van der Waals surface area (Å²) in [6.45, 7) is 0.350. The number of carboxylic acid groups (broad SMARTS) is 2. The molecule has 0 radical (unpaired) electrons. The highest BCUT2D eigenvalue weighted by Gasteiger charge is 2.35. The lowest BCUT2D eigenvalue weighted by Gasteiger charge is -2.10. The van der Waals surface area contributed by atoms with Crippen molar-refractivity contribution in [3.05, 3.63) is 0 Å². The van der Waals surface area contributed by atoms with Crippen molar-refractivity contribution in [3.63, 3.8) is 0 Å². The number of carbonyl (C=O) groups is 2. The molecule has 0 aromatic heterocycles. The van der Waals surface area contributed by atoms with Crippen LogP contribution in [0, 0.1) is 5.41 Å². The topological polar surface area (TPSA) is 74.6 Å². The Hall–Kier alpha value is -1.06. The second-order valence-electron chi connectivity index (χ2n) is 1.94. The Morgan fingerprint density at radius 1 is 1.44 bits per heavy atom. The standard InChI is InChI=1S/C5H8O4/c1-5(2,3(6)7)4(8)9/h1-2H3,(H,6,7)(H,8,9)/i1D. The summed E-state index contributed by atoms with van der Waals surface area (Å²) in [4.78, 5) is 20.4. The smallest absolute Gasteiger partial charge is 0.320 e. The average Bonchev–Trinajstić information content (AvgIpc) is 1.85. The molecule has 0 aliphatic heterocycles. The monoisotopic (exact) mass is 133 g/mol. The molecule has 0 amide bonds. The van der Waals surface area contributed by atoms with Crippen molar-refractivity contribution in [3.8, 4) is 0 Å². The molecule has 0 aliphatic rings. The van der Waals surface area contributed by atoms with E-state index < -0.39 is 24.3 Å². The molecule has 4 heteroatoms. The van der Waals surface area contributed by atoms with E-state index in [0.717, 1.165) is 6.92 Å². The molecule has 0 heterocycles. The van der Waals surface area contributed by atoms with Gasteiger partial charge in [-0.2, -0.15) is 0 Å². The van der Waals surface area contributed by atoms with Crippen molar-refractivity contribution in [1.29, 1.82) is 0 Å². The molecule has 0 aliphatic carbocycles. The molecule has 0 saturated carbocycles. The predicted molar refractivity (Wildman–Crippen MR) is 29.1 cm³/mol. The van der Waals surface area contributed by atoms with Gasteiger partial charge in [0.25, 0.3) is 0 Å². The van der Waals surface area contributed by atoms with E-state index in [1.54, 1.807) is 0 Å². The zero-order chi connectivity index (χ0) is 8.36. The summed E-state index contributed by atoms with van der Waals surface area (Å²) >= 11 is 0. The van der Waals surface area contributed by atoms with E-state index in [4.69, 9.17) is 11.6 Å². The van der Waals surface area contributed by atoms with Crippen molar-refractivity contribution in [2.75, 3.05) is 0 Å². The van der Waals surface area contributed by atoms with Crippen LogP contribution in [0.3, 0.4) is 0 Å². The Morgan fingerprint density at radius 3 is 1.78 bits per heavy atom. The maximum Gasteiger partial charge on any atom is 0.320 e. The molecule has 4 nitrogen and oxygen atoms in total. The lowest BCUT2D eigenvalue weighted by atomic mass is 9.95. The van der Waals surface area contributed by atoms with Crippen LogP contribution in [0.25, 0.3) is 0 Å². The molecule has 0 unspecified atom stereocenters. The molecule has 52 valence electrons. The molecule has 0 fully saturated rings. The quantitative estimate of drug-likeness (QED) is 0.527. The third kappa shape index (κ3) is 1.42. The summed E-state index contributed by atoms with van der Waals surface area (Å²) in [7, 11) is 0. The Kier molecular flexibility index (Phi) is 1.38. The maximum absolute atomic E-state index is 10.2. The minimum absolute atomic E-state index is 0.655. The lowest BCUT2D eigenvalue weighted by Crippen LogP contribution is -2.32. The lowest BCUT2D eigenvalue weighted by molar-refractivity contribution is -0.161. The maximum atomic E-state index is 10.2. The van der Waals surface area contributed by atoms with E-state index in [1.807, 2.05) is 0 Å². The third-order valence-electron chi connectivity index (χ3n) is 0.944. The Balaban J connectivity index is 4.55. The molecular formula is C5H8O4. The van der Waals surface area contributed by atoms with Crippen molar-refractivity contribution >= 4 is 11.9 Å². The fraction of sp³-hybridized carbons (Fsp3) is 0.600. The fourth-order valence-electron chi connectivity index (χ4n) is 0.0915. The number of aliphatic carboxylic acids is 2. The summed E-state index contributed by atoms with van der Waals surface area (Å²) in [6.07, 6.45) is 0. The minimum atomic E-state index is -1.96. The van der Waals surface area contributed by atoms with E-state index >= 15 is 0 Å². The Bertz CT molecular complexity index is 151. The molecule has 0 bridgehead atoms. The van der Waals surface area contributed by atoms with Gasteiger partial charge in [-0.15, -0.1) is 0 Å². The molecular weight excluding hydrogens is 124 g/mol. The zero-order valence-electron chi connectivity index (χ0n) is 5.92. The molecule has 0 spiro atoms. The first-order valence-electron chi connectivity index (χ1n) is 2.92. The van der Waals surface area contributed by atoms with Gasteiger partial charge in [0.2, 0.25) is 0 Å². The van der Waals surface area contributed by atoms with E-state index in [-0.39, 0.29) is 0 Å². The normalized spacial score (nSPS) is 12.3. The van der Waals surface area contributed by atoms with Crippen molar-refractivity contribution < 1.29 is 21.2 Å². The first kappa shape index (κ1) is 6.07. The molecule has 0 atom stereocenters. The van der Waals surface area contributed by atoms with Crippen LogP contribution in [-0.4, -0.2) is 22.2 Å².